The Morgan fingerprint density at radius 3 is 3.00 bits per heavy atom. The van der Waals surface area contributed by atoms with Crippen molar-refractivity contribution in [3.8, 4) is 0 Å². The maximum Gasteiger partial charge on any atom is 0.189 e. The summed E-state index contributed by atoms with van der Waals surface area (Å²) in [5, 5.41) is 9.25. The second-order valence-electron chi connectivity index (χ2n) is 4.02. The van der Waals surface area contributed by atoms with E-state index in [4.69, 9.17) is 12.2 Å². The normalized spacial score (nSPS) is 10.7. The zero-order valence-electron chi connectivity index (χ0n) is 11.0. The van der Waals surface area contributed by atoms with Crippen LogP contribution in [0.4, 0.5) is 4.39 Å². The minimum absolute atomic E-state index is 0.315. The lowest BCUT2D eigenvalue weighted by molar-refractivity contribution is 0.529. The Hall–Kier alpha value is -1.01. The van der Waals surface area contributed by atoms with Crippen molar-refractivity contribution in [1.29, 1.82) is 0 Å². The number of hydrogen-bond acceptors (Lipinski definition) is 2. The molecule has 0 unspecified atom stereocenters. The molecule has 0 spiro atoms. The zero-order valence-corrected chi connectivity index (χ0v) is 13.4. The molecule has 19 heavy (non-hydrogen) atoms. The smallest absolute Gasteiger partial charge is 0.189 e. The summed E-state index contributed by atoms with van der Waals surface area (Å²) in [5.41, 5.74) is 0.414. The van der Waals surface area contributed by atoms with Crippen molar-refractivity contribution in [3.63, 3.8) is 0 Å². The van der Waals surface area contributed by atoms with Gasteiger partial charge in [0.05, 0.1) is 6.21 Å². The van der Waals surface area contributed by atoms with Gasteiger partial charge in [-0.2, -0.15) is 5.10 Å². The van der Waals surface area contributed by atoms with E-state index in [0.29, 0.717) is 10.7 Å². The molecule has 104 valence electrons. The number of rotatable bonds is 5. The first kappa shape index (κ1) is 16.0. The number of hydrazone groups is 1. The molecule has 0 radical (unpaired) electrons. The molecule has 0 aromatic heterocycles. The molecule has 3 nitrogen and oxygen atoms in total. The summed E-state index contributed by atoms with van der Waals surface area (Å²) in [6.45, 7) is 2.93. The third-order valence-electron chi connectivity index (χ3n) is 2.43. The summed E-state index contributed by atoms with van der Waals surface area (Å²) in [5.74, 6) is -0.315. The lowest BCUT2D eigenvalue weighted by atomic mass is 10.2. The second kappa shape index (κ2) is 8.22. The summed E-state index contributed by atoms with van der Waals surface area (Å²) < 4.78 is 14.3. The zero-order chi connectivity index (χ0) is 14.3. The highest BCUT2D eigenvalue weighted by Crippen LogP contribution is 2.13. The first-order chi connectivity index (χ1) is 9.04. The van der Waals surface area contributed by atoms with Gasteiger partial charge in [0.15, 0.2) is 5.11 Å². The number of nitrogens with one attached hydrogen (secondary N) is 1. The molecule has 1 aromatic carbocycles. The lowest BCUT2D eigenvalue weighted by Crippen LogP contribution is -2.34. The maximum atomic E-state index is 13.5. The Morgan fingerprint density at radius 2 is 2.32 bits per heavy atom. The molecule has 0 atom stereocenters. The predicted octanol–water partition coefficient (Wildman–Crippen LogP) is 3.53. The number of unbranched alkanes of at least 4 members (excludes halogenated alkanes) is 1. The number of benzene rings is 1. The first-order valence-electron chi connectivity index (χ1n) is 6.05. The van der Waals surface area contributed by atoms with Gasteiger partial charge < -0.3 is 5.32 Å². The fourth-order valence-electron chi connectivity index (χ4n) is 1.30. The third kappa shape index (κ3) is 5.65. The van der Waals surface area contributed by atoms with Crippen molar-refractivity contribution in [1.82, 2.24) is 10.3 Å². The highest BCUT2D eigenvalue weighted by molar-refractivity contribution is 9.10. The molecular formula is C13H17BrFN3S. The minimum Gasteiger partial charge on any atom is -0.361 e. The molecule has 0 saturated heterocycles. The van der Waals surface area contributed by atoms with Crippen LogP contribution in [0.5, 0.6) is 0 Å². The third-order valence-corrected chi connectivity index (χ3v) is 3.33. The molecule has 0 aliphatic heterocycles. The standard InChI is InChI=1S/C13H17BrFN3S/c1-3-4-7-16-13(19)18(2)17-9-10-8-11(14)5-6-12(10)15/h5-6,8-9H,3-4,7H2,1-2H3,(H,16,19)/b17-9+. The molecule has 0 saturated carbocycles. The van der Waals surface area contributed by atoms with Gasteiger partial charge in [-0.25, -0.2) is 9.40 Å². The van der Waals surface area contributed by atoms with Gasteiger partial charge in [-0.05, 0) is 36.8 Å². The monoisotopic (exact) mass is 345 g/mol. The summed E-state index contributed by atoms with van der Waals surface area (Å²) in [4.78, 5) is 0. The molecular weight excluding hydrogens is 329 g/mol. The van der Waals surface area contributed by atoms with E-state index in [1.54, 1.807) is 19.2 Å². The Balaban J connectivity index is 2.60. The Labute approximate surface area is 127 Å². The van der Waals surface area contributed by atoms with Crippen LogP contribution in [0.2, 0.25) is 0 Å². The van der Waals surface area contributed by atoms with Crippen LogP contribution < -0.4 is 5.32 Å². The Bertz CT molecular complexity index is 465. The van der Waals surface area contributed by atoms with E-state index in [9.17, 15) is 4.39 Å². The van der Waals surface area contributed by atoms with Crippen LogP contribution in [0.1, 0.15) is 25.3 Å². The van der Waals surface area contributed by atoms with E-state index in [1.165, 1.54) is 17.3 Å². The average Bonchev–Trinajstić information content (AvgIpc) is 2.39. The Morgan fingerprint density at radius 1 is 1.58 bits per heavy atom. The van der Waals surface area contributed by atoms with Crippen LogP contribution in [0.15, 0.2) is 27.8 Å². The van der Waals surface area contributed by atoms with Crippen LogP contribution in [0.25, 0.3) is 0 Å². The number of halogens is 2. The van der Waals surface area contributed by atoms with E-state index in [2.05, 4.69) is 33.3 Å². The first-order valence-corrected chi connectivity index (χ1v) is 7.25. The molecule has 0 aliphatic carbocycles. The van der Waals surface area contributed by atoms with Crippen molar-refractivity contribution in [2.75, 3.05) is 13.6 Å². The fraction of sp³-hybridized carbons (Fsp3) is 0.385. The Kier molecular flexibility index (Phi) is 6.94. The van der Waals surface area contributed by atoms with E-state index in [0.717, 1.165) is 23.9 Å². The van der Waals surface area contributed by atoms with E-state index >= 15 is 0 Å². The van der Waals surface area contributed by atoms with Crippen molar-refractivity contribution in [3.05, 3.63) is 34.1 Å². The number of thiocarbonyl (C=S) groups is 1. The lowest BCUT2D eigenvalue weighted by Gasteiger charge is -2.15. The van der Waals surface area contributed by atoms with Crippen LogP contribution in [-0.4, -0.2) is 29.9 Å². The molecule has 1 aromatic rings. The minimum atomic E-state index is -0.315. The van der Waals surface area contributed by atoms with E-state index in [-0.39, 0.29) is 5.82 Å². The second-order valence-corrected chi connectivity index (χ2v) is 5.32. The number of nitrogens with zero attached hydrogens (tertiary/aromatic N) is 2. The molecule has 0 amide bonds. The number of hydrogen-bond donors (Lipinski definition) is 1. The summed E-state index contributed by atoms with van der Waals surface area (Å²) in [7, 11) is 1.73. The van der Waals surface area contributed by atoms with Gasteiger partial charge in [-0.1, -0.05) is 29.3 Å². The van der Waals surface area contributed by atoms with Crippen molar-refractivity contribution < 1.29 is 4.39 Å². The van der Waals surface area contributed by atoms with Gasteiger partial charge in [0.1, 0.15) is 5.82 Å². The van der Waals surface area contributed by atoms with Crippen LogP contribution >= 0.6 is 28.1 Å². The molecule has 6 heteroatoms. The summed E-state index contributed by atoms with van der Waals surface area (Å²) in [6, 6.07) is 4.71. The van der Waals surface area contributed by atoms with Gasteiger partial charge in [0, 0.05) is 23.6 Å². The van der Waals surface area contributed by atoms with Gasteiger partial charge >= 0.3 is 0 Å². The highest BCUT2D eigenvalue weighted by atomic mass is 79.9. The van der Waals surface area contributed by atoms with Crippen molar-refractivity contribution in [2.24, 2.45) is 5.10 Å². The molecule has 0 aliphatic rings. The molecule has 0 heterocycles. The van der Waals surface area contributed by atoms with Crippen LogP contribution in [0.3, 0.4) is 0 Å². The fourth-order valence-corrected chi connectivity index (χ4v) is 1.83. The average molecular weight is 346 g/mol. The SMILES string of the molecule is CCCCNC(=S)N(C)/N=C/c1cc(Br)ccc1F. The molecule has 1 rings (SSSR count). The van der Waals surface area contributed by atoms with Gasteiger partial charge in [0.2, 0.25) is 0 Å². The van der Waals surface area contributed by atoms with Crippen molar-refractivity contribution in [2.45, 2.75) is 19.8 Å². The maximum absolute atomic E-state index is 13.5. The predicted molar refractivity (Wildman–Crippen MR) is 85.0 cm³/mol. The van der Waals surface area contributed by atoms with E-state index < -0.39 is 0 Å². The topological polar surface area (TPSA) is 27.6 Å². The van der Waals surface area contributed by atoms with Crippen LogP contribution in [-0.2, 0) is 0 Å². The van der Waals surface area contributed by atoms with Crippen LogP contribution in [0, 0.1) is 5.82 Å². The summed E-state index contributed by atoms with van der Waals surface area (Å²) >= 11 is 8.46. The summed E-state index contributed by atoms with van der Waals surface area (Å²) in [6.07, 6.45) is 3.61. The van der Waals surface area contributed by atoms with Gasteiger partial charge in [-0.3, -0.25) is 0 Å². The van der Waals surface area contributed by atoms with Gasteiger partial charge in [0.25, 0.3) is 0 Å². The van der Waals surface area contributed by atoms with E-state index in [1.807, 2.05) is 0 Å². The largest absolute Gasteiger partial charge is 0.361 e. The molecule has 1 N–H and O–H groups in total. The molecule has 0 bridgehead atoms. The highest BCUT2D eigenvalue weighted by Gasteiger charge is 2.03. The van der Waals surface area contributed by atoms with Crippen molar-refractivity contribution >= 4 is 39.5 Å². The quantitative estimate of drug-likeness (QED) is 0.383. The van der Waals surface area contributed by atoms with Gasteiger partial charge in [-0.15, -0.1) is 0 Å². The molecule has 0 fully saturated rings.